The second-order valence-electron chi connectivity index (χ2n) is 9.31. The Morgan fingerprint density at radius 1 is 1.11 bits per heavy atom. The highest BCUT2D eigenvalue weighted by atomic mass is 32.2. The van der Waals surface area contributed by atoms with Crippen molar-refractivity contribution in [3.05, 3.63) is 75.9 Å². The van der Waals surface area contributed by atoms with Gasteiger partial charge in [-0.15, -0.1) is 0 Å². The Balaban J connectivity index is 1.54. The molecule has 2 heterocycles. The quantitative estimate of drug-likeness (QED) is 0.488. The molecule has 36 heavy (non-hydrogen) atoms. The monoisotopic (exact) mass is 511 g/mol. The second kappa shape index (κ2) is 10.4. The summed E-state index contributed by atoms with van der Waals surface area (Å²) in [5, 5.41) is 6.62. The van der Waals surface area contributed by atoms with Gasteiger partial charge in [0.2, 0.25) is 15.9 Å². The Hall–Kier alpha value is -3.30. The molecule has 1 aliphatic rings. The third kappa shape index (κ3) is 5.42. The van der Waals surface area contributed by atoms with Crippen molar-refractivity contribution in [2.24, 2.45) is 5.92 Å². The first-order valence-electron chi connectivity index (χ1n) is 11.8. The Morgan fingerprint density at radius 2 is 1.86 bits per heavy atom. The number of amides is 1. The zero-order valence-electron chi connectivity index (χ0n) is 20.8. The van der Waals surface area contributed by atoms with Crippen molar-refractivity contribution >= 4 is 33.8 Å². The highest BCUT2D eigenvalue weighted by Gasteiger charge is 2.37. The molecule has 0 saturated carbocycles. The molecule has 1 amide bonds. The fourth-order valence-corrected chi connectivity index (χ4v) is 6.10. The van der Waals surface area contributed by atoms with E-state index in [1.807, 2.05) is 38.1 Å². The zero-order valence-corrected chi connectivity index (χ0v) is 21.7. The van der Waals surface area contributed by atoms with Gasteiger partial charge >= 0.3 is 0 Å². The van der Waals surface area contributed by atoms with Crippen LogP contribution in [0.4, 0.5) is 10.1 Å². The van der Waals surface area contributed by atoms with E-state index in [9.17, 15) is 17.6 Å². The summed E-state index contributed by atoms with van der Waals surface area (Å²) in [6, 6.07) is 10.5. The number of aryl methyl sites for hydroxylation is 4. The summed E-state index contributed by atoms with van der Waals surface area (Å²) in [6.07, 6.45) is 4.50. The largest absolute Gasteiger partial charge is 0.355 e. The number of anilines is 1. The van der Waals surface area contributed by atoms with Crippen LogP contribution in [-0.2, 0) is 14.8 Å². The standard InChI is InChI=1S/C27H30FN3O4S/c1-17-7-8-18(2)21(14-17)10-12-25-26(20(4)30-35-25)36(33,34)31-13-5-6-22(16-31)27(32)29-23-11-9-19(3)24(28)15-23/h7-12,14-15,22H,5-6,13,16H2,1-4H3,(H,29,32)/b12-10+/t22-/m0/s1. The van der Waals surface area contributed by atoms with Crippen LogP contribution >= 0.6 is 0 Å². The van der Waals surface area contributed by atoms with Crippen molar-refractivity contribution < 1.29 is 22.1 Å². The van der Waals surface area contributed by atoms with Crippen molar-refractivity contribution in [1.82, 2.24) is 9.46 Å². The van der Waals surface area contributed by atoms with E-state index in [1.165, 1.54) is 10.4 Å². The number of nitrogens with zero attached hydrogens (tertiary/aromatic N) is 2. The molecule has 0 spiro atoms. The van der Waals surface area contributed by atoms with Gasteiger partial charge in [-0.05, 0) is 75.4 Å². The summed E-state index contributed by atoms with van der Waals surface area (Å²) >= 11 is 0. The first-order valence-corrected chi connectivity index (χ1v) is 13.3. The van der Waals surface area contributed by atoms with Gasteiger partial charge in [0.25, 0.3) is 0 Å². The number of halogens is 1. The normalized spacial score (nSPS) is 17.0. The van der Waals surface area contributed by atoms with Gasteiger partial charge in [-0.3, -0.25) is 4.79 Å². The molecular weight excluding hydrogens is 481 g/mol. The van der Waals surface area contributed by atoms with E-state index in [-0.39, 0.29) is 35.3 Å². The molecule has 3 aromatic rings. The number of benzene rings is 2. The summed E-state index contributed by atoms with van der Waals surface area (Å²) in [5.74, 6) is -1.16. The number of piperidine rings is 1. The molecule has 1 aliphatic heterocycles. The van der Waals surface area contributed by atoms with Crippen LogP contribution < -0.4 is 5.32 Å². The van der Waals surface area contributed by atoms with Gasteiger partial charge in [0.1, 0.15) is 11.5 Å². The predicted molar refractivity (Wildman–Crippen MR) is 137 cm³/mol. The average molecular weight is 512 g/mol. The van der Waals surface area contributed by atoms with Crippen LogP contribution in [0.25, 0.3) is 12.2 Å². The first-order chi connectivity index (χ1) is 17.1. The zero-order chi connectivity index (χ0) is 26.0. The number of aromatic nitrogens is 1. The van der Waals surface area contributed by atoms with Gasteiger partial charge in [-0.2, -0.15) is 4.31 Å². The highest BCUT2D eigenvalue weighted by molar-refractivity contribution is 7.89. The summed E-state index contributed by atoms with van der Waals surface area (Å²) in [6.45, 7) is 7.51. The molecule has 0 radical (unpaired) electrons. The molecule has 190 valence electrons. The lowest BCUT2D eigenvalue weighted by Gasteiger charge is -2.31. The SMILES string of the molecule is Cc1ccc(C)c(/C=C/c2onc(C)c2S(=O)(=O)N2CCC[C@H](C(=O)Nc3ccc(C)c(F)c3)C2)c1. The minimum absolute atomic E-state index is 0.00530. The van der Waals surface area contributed by atoms with Crippen LogP contribution in [0.3, 0.4) is 0 Å². The van der Waals surface area contributed by atoms with Crippen molar-refractivity contribution in [3.63, 3.8) is 0 Å². The van der Waals surface area contributed by atoms with Crippen molar-refractivity contribution in [3.8, 4) is 0 Å². The first kappa shape index (κ1) is 25.8. The van der Waals surface area contributed by atoms with Gasteiger partial charge < -0.3 is 9.84 Å². The molecule has 7 nitrogen and oxygen atoms in total. The van der Waals surface area contributed by atoms with Crippen LogP contribution in [0.5, 0.6) is 0 Å². The van der Waals surface area contributed by atoms with E-state index in [4.69, 9.17) is 4.52 Å². The minimum Gasteiger partial charge on any atom is -0.355 e. The molecule has 0 unspecified atom stereocenters. The Morgan fingerprint density at radius 3 is 2.61 bits per heavy atom. The molecule has 4 rings (SSSR count). The topological polar surface area (TPSA) is 92.5 Å². The number of carbonyl (C=O) groups is 1. The van der Waals surface area contributed by atoms with Crippen LogP contribution in [0.1, 0.15) is 46.5 Å². The number of sulfonamides is 1. The van der Waals surface area contributed by atoms with Crippen molar-refractivity contribution in [2.45, 2.75) is 45.4 Å². The fourth-order valence-electron chi connectivity index (χ4n) is 4.32. The summed E-state index contributed by atoms with van der Waals surface area (Å²) in [7, 11) is -3.97. The van der Waals surface area contributed by atoms with Crippen LogP contribution in [0, 0.1) is 39.4 Å². The molecule has 9 heteroatoms. The van der Waals surface area contributed by atoms with E-state index in [0.29, 0.717) is 24.1 Å². The van der Waals surface area contributed by atoms with Crippen molar-refractivity contribution in [1.29, 1.82) is 0 Å². The van der Waals surface area contributed by atoms with Gasteiger partial charge in [0.05, 0.1) is 5.92 Å². The maximum atomic E-state index is 13.9. The van der Waals surface area contributed by atoms with E-state index in [0.717, 1.165) is 16.7 Å². The van der Waals surface area contributed by atoms with Gasteiger partial charge in [-0.1, -0.05) is 41.1 Å². The van der Waals surface area contributed by atoms with E-state index < -0.39 is 21.8 Å². The maximum Gasteiger partial charge on any atom is 0.248 e. The molecule has 1 N–H and O–H groups in total. The lowest BCUT2D eigenvalue weighted by Crippen LogP contribution is -2.43. The van der Waals surface area contributed by atoms with Gasteiger partial charge in [0.15, 0.2) is 10.7 Å². The number of hydrogen-bond acceptors (Lipinski definition) is 5. The molecule has 1 atom stereocenters. The number of carbonyl (C=O) groups excluding carboxylic acids is 1. The lowest BCUT2D eigenvalue weighted by molar-refractivity contribution is -0.120. The van der Waals surface area contributed by atoms with E-state index in [1.54, 1.807) is 32.1 Å². The van der Waals surface area contributed by atoms with Crippen molar-refractivity contribution in [2.75, 3.05) is 18.4 Å². The Kier molecular flexibility index (Phi) is 7.42. The number of rotatable bonds is 6. The smallest absolute Gasteiger partial charge is 0.248 e. The van der Waals surface area contributed by atoms with E-state index in [2.05, 4.69) is 10.5 Å². The molecule has 0 bridgehead atoms. The van der Waals surface area contributed by atoms with E-state index >= 15 is 0 Å². The molecule has 1 saturated heterocycles. The third-order valence-corrected chi connectivity index (χ3v) is 8.50. The summed E-state index contributed by atoms with van der Waals surface area (Å²) in [5.41, 5.74) is 4.18. The predicted octanol–water partition coefficient (Wildman–Crippen LogP) is 5.26. The molecule has 2 aromatic carbocycles. The maximum absolute atomic E-state index is 13.9. The average Bonchev–Trinajstić information content (AvgIpc) is 3.23. The lowest BCUT2D eigenvalue weighted by atomic mass is 9.98. The molecule has 1 aromatic heterocycles. The third-order valence-electron chi connectivity index (χ3n) is 6.47. The second-order valence-corrected chi connectivity index (χ2v) is 11.2. The molecule has 1 fully saturated rings. The molecule has 0 aliphatic carbocycles. The highest BCUT2D eigenvalue weighted by Crippen LogP contribution is 2.30. The minimum atomic E-state index is -3.97. The van der Waals surface area contributed by atoms with Crippen LogP contribution in [0.2, 0.25) is 0 Å². The van der Waals surface area contributed by atoms with Gasteiger partial charge in [0, 0.05) is 18.8 Å². The van der Waals surface area contributed by atoms with Crippen LogP contribution in [0.15, 0.2) is 45.8 Å². The Labute approximate surface area is 211 Å². The fraction of sp³-hybridized carbons (Fsp3) is 0.333. The van der Waals surface area contributed by atoms with Crippen LogP contribution in [-0.4, -0.2) is 36.9 Å². The summed E-state index contributed by atoms with van der Waals surface area (Å²) < 4.78 is 47.9. The van der Waals surface area contributed by atoms with Gasteiger partial charge in [-0.25, -0.2) is 12.8 Å². The summed E-state index contributed by atoms with van der Waals surface area (Å²) in [4.78, 5) is 12.9. The number of hydrogen-bond donors (Lipinski definition) is 1. The Bertz CT molecular complexity index is 1430. The number of nitrogens with one attached hydrogen (secondary N) is 1. The molecular formula is C27H30FN3O4S.